The van der Waals surface area contributed by atoms with Crippen molar-refractivity contribution in [3.8, 4) is 5.75 Å². The molecular formula is C17H15Cl2NO4. The first-order valence-corrected chi connectivity index (χ1v) is 7.78. The summed E-state index contributed by atoms with van der Waals surface area (Å²) in [5.41, 5.74) is 0.751. The normalized spacial score (nSPS) is 11.6. The van der Waals surface area contributed by atoms with Crippen LogP contribution in [-0.4, -0.2) is 30.1 Å². The molecule has 0 fully saturated rings. The summed E-state index contributed by atoms with van der Waals surface area (Å²) in [5, 5.41) is 12.8. The fourth-order valence-electron chi connectivity index (χ4n) is 2.16. The van der Waals surface area contributed by atoms with Crippen molar-refractivity contribution in [2.75, 3.05) is 7.11 Å². The highest BCUT2D eigenvalue weighted by molar-refractivity contribution is 6.36. The number of phenolic OH excluding ortho intramolecular Hbond substituents is 1. The Bertz CT molecular complexity index is 744. The monoisotopic (exact) mass is 367 g/mol. The number of methoxy groups -OCH3 is 1. The van der Waals surface area contributed by atoms with E-state index in [1.165, 1.54) is 31.4 Å². The Morgan fingerprint density at radius 3 is 2.38 bits per heavy atom. The molecule has 1 atom stereocenters. The molecule has 0 heterocycles. The molecule has 24 heavy (non-hydrogen) atoms. The number of aromatic hydroxyl groups is 1. The van der Waals surface area contributed by atoms with Crippen molar-refractivity contribution in [3.63, 3.8) is 0 Å². The molecule has 0 spiro atoms. The zero-order valence-electron chi connectivity index (χ0n) is 12.8. The van der Waals surface area contributed by atoms with Gasteiger partial charge in [-0.3, -0.25) is 4.79 Å². The minimum absolute atomic E-state index is 0.0496. The van der Waals surface area contributed by atoms with Crippen LogP contribution in [0.15, 0.2) is 42.5 Å². The highest BCUT2D eigenvalue weighted by Gasteiger charge is 2.24. The maximum atomic E-state index is 12.3. The molecule has 0 aromatic heterocycles. The third-order valence-corrected chi connectivity index (χ3v) is 4.08. The summed E-state index contributed by atoms with van der Waals surface area (Å²) in [6, 6.07) is 9.80. The zero-order chi connectivity index (χ0) is 17.7. The van der Waals surface area contributed by atoms with Gasteiger partial charge in [0.2, 0.25) is 0 Å². The minimum Gasteiger partial charge on any atom is -0.508 e. The first kappa shape index (κ1) is 18.1. The predicted octanol–water partition coefficient (Wildman–Crippen LogP) is 3.21. The quantitative estimate of drug-likeness (QED) is 0.795. The minimum atomic E-state index is -0.970. The van der Waals surface area contributed by atoms with Crippen LogP contribution in [0.25, 0.3) is 0 Å². The Morgan fingerprint density at radius 1 is 1.17 bits per heavy atom. The Hall–Kier alpha value is -2.24. The van der Waals surface area contributed by atoms with Gasteiger partial charge in [0.1, 0.15) is 11.8 Å². The number of hydrogen-bond donors (Lipinski definition) is 2. The van der Waals surface area contributed by atoms with Crippen molar-refractivity contribution in [1.29, 1.82) is 0 Å². The number of nitrogens with one attached hydrogen (secondary N) is 1. The number of rotatable bonds is 5. The first-order valence-electron chi connectivity index (χ1n) is 7.03. The van der Waals surface area contributed by atoms with E-state index in [4.69, 9.17) is 27.9 Å². The van der Waals surface area contributed by atoms with Crippen molar-refractivity contribution in [2.24, 2.45) is 0 Å². The van der Waals surface area contributed by atoms with Gasteiger partial charge in [0, 0.05) is 22.0 Å². The van der Waals surface area contributed by atoms with Gasteiger partial charge >= 0.3 is 5.97 Å². The van der Waals surface area contributed by atoms with Gasteiger partial charge in [-0.15, -0.1) is 0 Å². The molecule has 7 heteroatoms. The van der Waals surface area contributed by atoms with E-state index in [0.717, 1.165) is 0 Å². The summed E-state index contributed by atoms with van der Waals surface area (Å²) in [7, 11) is 1.23. The largest absolute Gasteiger partial charge is 0.508 e. The van der Waals surface area contributed by atoms with E-state index in [1.807, 2.05) is 0 Å². The van der Waals surface area contributed by atoms with Gasteiger partial charge in [-0.1, -0.05) is 35.3 Å². The van der Waals surface area contributed by atoms with Crippen LogP contribution in [0, 0.1) is 0 Å². The molecule has 2 rings (SSSR count). The fourth-order valence-corrected chi connectivity index (χ4v) is 2.71. The van der Waals surface area contributed by atoms with Crippen molar-refractivity contribution in [3.05, 3.63) is 63.6 Å². The summed E-state index contributed by atoms with van der Waals surface area (Å²) in [5.74, 6) is -1.20. The molecular weight excluding hydrogens is 353 g/mol. The fraction of sp³-hybridized carbons (Fsp3) is 0.176. The maximum absolute atomic E-state index is 12.3. The van der Waals surface area contributed by atoms with E-state index in [-0.39, 0.29) is 17.7 Å². The summed E-state index contributed by atoms with van der Waals surface area (Å²) < 4.78 is 4.74. The second-order valence-corrected chi connectivity index (χ2v) is 5.82. The lowest BCUT2D eigenvalue weighted by Gasteiger charge is -2.18. The molecule has 0 bridgehead atoms. The molecule has 0 aliphatic heterocycles. The lowest BCUT2D eigenvalue weighted by molar-refractivity contribution is -0.142. The van der Waals surface area contributed by atoms with E-state index in [1.54, 1.807) is 18.2 Å². The Kier molecular flexibility index (Phi) is 6.06. The average Bonchev–Trinajstić information content (AvgIpc) is 2.56. The van der Waals surface area contributed by atoms with Crippen molar-refractivity contribution in [2.45, 2.75) is 12.5 Å². The zero-order valence-corrected chi connectivity index (χ0v) is 14.3. The molecule has 5 nitrogen and oxygen atoms in total. The number of ether oxygens (including phenoxy) is 1. The molecule has 0 aliphatic carbocycles. The first-order chi connectivity index (χ1) is 11.4. The number of halogens is 2. The van der Waals surface area contributed by atoms with Crippen LogP contribution in [0.4, 0.5) is 0 Å². The van der Waals surface area contributed by atoms with E-state index in [2.05, 4.69) is 5.32 Å². The van der Waals surface area contributed by atoms with Crippen LogP contribution in [0.1, 0.15) is 15.9 Å². The number of carbonyl (C=O) groups is 2. The Balaban J connectivity index is 2.23. The topological polar surface area (TPSA) is 75.6 Å². The second-order valence-electron chi connectivity index (χ2n) is 5.00. The highest BCUT2D eigenvalue weighted by Crippen LogP contribution is 2.26. The highest BCUT2D eigenvalue weighted by atomic mass is 35.5. The van der Waals surface area contributed by atoms with Crippen LogP contribution in [0.3, 0.4) is 0 Å². The number of esters is 1. The summed E-state index contributed by atoms with van der Waals surface area (Å²) in [6.45, 7) is 0. The van der Waals surface area contributed by atoms with E-state index in [9.17, 15) is 14.7 Å². The second kappa shape index (κ2) is 8.04. The van der Waals surface area contributed by atoms with Crippen molar-refractivity contribution in [1.82, 2.24) is 5.32 Å². The third kappa shape index (κ3) is 4.40. The smallest absolute Gasteiger partial charge is 0.328 e. The van der Waals surface area contributed by atoms with E-state index >= 15 is 0 Å². The number of phenols is 1. The van der Waals surface area contributed by atoms with Gasteiger partial charge in [-0.05, 0) is 35.9 Å². The summed E-state index contributed by atoms with van der Waals surface area (Å²) in [4.78, 5) is 24.3. The van der Waals surface area contributed by atoms with Crippen LogP contribution >= 0.6 is 23.2 Å². The number of hydrogen-bond acceptors (Lipinski definition) is 4. The van der Waals surface area contributed by atoms with Gasteiger partial charge in [0.25, 0.3) is 5.91 Å². The molecule has 0 saturated heterocycles. The molecule has 1 amide bonds. The van der Waals surface area contributed by atoms with Crippen molar-refractivity contribution >= 4 is 35.1 Å². The molecule has 126 valence electrons. The molecule has 0 radical (unpaired) electrons. The van der Waals surface area contributed by atoms with E-state index < -0.39 is 17.9 Å². The molecule has 0 saturated carbocycles. The molecule has 0 aliphatic rings. The van der Waals surface area contributed by atoms with Gasteiger partial charge in [-0.2, -0.15) is 0 Å². The lowest BCUT2D eigenvalue weighted by atomic mass is 10.0. The molecule has 2 N–H and O–H groups in total. The van der Waals surface area contributed by atoms with Crippen molar-refractivity contribution < 1.29 is 19.4 Å². The predicted molar refractivity (Wildman–Crippen MR) is 91.5 cm³/mol. The maximum Gasteiger partial charge on any atom is 0.328 e. The SMILES string of the molecule is COC(=O)[C@@H](Cc1c(Cl)cccc1Cl)NC(=O)c1cccc(O)c1. The number of carbonyl (C=O) groups excluding carboxylic acids is 2. The third-order valence-electron chi connectivity index (χ3n) is 3.37. The summed E-state index contributed by atoms with van der Waals surface area (Å²) >= 11 is 12.2. The van der Waals surface area contributed by atoms with Gasteiger partial charge in [0.05, 0.1) is 7.11 Å². The van der Waals surface area contributed by atoms with E-state index in [0.29, 0.717) is 15.6 Å². The number of benzene rings is 2. The average molecular weight is 368 g/mol. The van der Waals surface area contributed by atoms with Crippen LogP contribution in [0.5, 0.6) is 5.75 Å². The Morgan fingerprint density at radius 2 is 1.79 bits per heavy atom. The van der Waals surface area contributed by atoms with Gasteiger partial charge < -0.3 is 15.2 Å². The van der Waals surface area contributed by atoms with Gasteiger partial charge in [0.15, 0.2) is 0 Å². The van der Waals surface area contributed by atoms with Crippen LogP contribution in [-0.2, 0) is 16.0 Å². The number of amides is 1. The van der Waals surface area contributed by atoms with Crippen LogP contribution < -0.4 is 5.32 Å². The summed E-state index contributed by atoms with van der Waals surface area (Å²) in [6.07, 6.45) is 0.0791. The standard InChI is InChI=1S/C17H15Cl2NO4/c1-24-17(23)15(9-12-13(18)6-3-7-14(12)19)20-16(22)10-4-2-5-11(21)8-10/h2-8,15,21H,9H2,1H3,(H,20,22)/t15-/m1/s1. The van der Waals surface area contributed by atoms with Gasteiger partial charge in [-0.25, -0.2) is 4.79 Å². The Labute approximate surface area is 149 Å². The van der Waals surface area contributed by atoms with Crippen LogP contribution in [0.2, 0.25) is 10.0 Å². The lowest BCUT2D eigenvalue weighted by Crippen LogP contribution is -2.43. The molecule has 0 unspecified atom stereocenters. The molecule has 2 aromatic rings. The molecule has 2 aromatic carbocycles.